The zero-order chi connectivity index (χ0) is 13.6. The predicted octanol–water partition coefficient (Wildman–Crippen LogP) is 3.02. The summed E-state index contributed by atoms with van der Waals surface area (Å²) < 4.78 is 0. The molecule has 3 atom stereocenters. The van der Waals surface area contributed by atoms with Crippen LogP contribution in [0.4, 0.5) is 0 Å². The van der Waals surface area contributed by atoms with E-state index in [1.54, 1.807) is 4.90 Å². The molecule has 0 aromatic rings. The Labute approximate surface area is 119 Å². The first-order valence-corrected chi connectivity index (χ1v) is 7.77. The van der Waals surface area contributed by atoms with E-state index < -0.39 is 0 Å². The molecule has 0 bridgehead atoms. The van der Waals surface area contributed by atoms with Crippen LogP contribution in [0, 0.1) is 5.92 Å². The molecule has 3 aliphatic rings. The Bertz CT molecular complexity index is 429. The Balaban J connectivity index is 1.80. The van der Waals surface area contributed by atoms with Crippen molar-refractivity contribution in [2.45, 2.75) is 63.3 Å². The second kappa shape index (κ2) is 4.93. The molecule has 3 rings (SSSR count). The molecule has 0 aromatic heterocycles. The standard InChI is InChI=1S/C15H20ClNO2/c1-9-8-10(6-7-13(9)16)17-14(18)11-4-2-3-5-12(11)15(17)19/h9-10,13H,2-8H2,1H3. The number of nitrogens with zero attached hydrogens (tertiary/aromatic N) is 1. The maximum absolute atomic E-state index is 12.5. The van der Waals surface area contributed by atoms with Crippen LogP contribution < -0.4 is 0 Å². The fraction of sp³-hybridized carbons (Fsp3) is 0.733. The Morgan fingerprint density at radius 3 is 2.16 bits per heavy atom. The van der Waals surface area contributed by atoms with E-state index in [9.17, 15) is 9.59 Å². The summed E-state index contributed by atoms with van der Waals surface area (Å²) in [5.41, 5.74) is 1.61. The lowest BCUT2D eigenvalue weighted by Crippen LogP contribution is -2.45. The summed E-state index contributed by atoms with van der Waals surface area (Å²) in [6, 6.07) is 0.0654. The van der Waals surface area contributed by atoms with Gasteiger partial charge in [-0.15, -0.1) is 11.6 Å². The van der Waals surface area contributed by atoms with Crippen molar-refractivity contribution in [2.75, 3.05) is 0 Å². The van der Waals surface area contributed by atoms with Gasteiger partial charge in [-0.3, -0.25) is 14.5 Å². The van der Waals surface area contributed by atoms with Crippen LogP contribution in [0.1, 0.15) is 51.9 Å². The van der Waals surface area contributed by atoms with Crippen molar-refractivity contribution < 1.29 is 9.59 Å². The maximum Gasteiger partial charge on any atom is 0.257 e. The van der Waals surface area contributed by atoms with Crippen LogP contribution in [-0.2, 0) is 9.59 Å². The Hall–Kier alpha value is -0.830. The van der Waals surface area contributed by atoms with Gasteiger partial charge >= 0.3 is 0 Å². The van der Waals surface area contributed by atoms with Gasteiger partial charge in [0.1, 0.15) is 0 Å². The summed E-state index contributed by atoms with van der Waals surface area (Å²) in [5, 5.41) is 0.187. The molecule has 1 heterocycles. The van der Waals surface area contributed by atoms with Gasteiger partial charge in [0.2, 0.25) is 0 Å². The summed E-state index contributed by atoms with van der Waals surface area (Å²) in [4.78, 5) is 26.5. The largest absolute Gasteiger partial charge is 0.272 e. The number of hydrogen-bond acceptors (Lipinski definition) is 2. The van der Waals surface area contributed by atoms with Gasteiger partial charge in [-0.1, -0.05) is 6.92 Å². The number of imide groups is 1. The summed E-state index contributed by atoms with van der Waals surface area (Å²) in [7, 11) is 0. The molecule has 4 heteroatoms. The highest BCUT2D eigenvalue weighted by molar-refractivity contribution is 6.21. The summed E-state index contributed by atoms with van der Waals surface area (Å²) in [5.74, 6) is 0.355. The van der Waals surface area contributed by atoms with Crippen LogP contribution in [-0.4, -0.2) is 28.1 Å². The molecule has 104 valence electrons. The minimum atomic E-state index is -0.00933. The van der Waals surface area contributed by atoms with E-state index in [-0.39, 0.29) is 23.2 Å². The van der Waals surface area contributed by atoms with Crippen LogP contribution >= 0.6 is 11.6 Å². The molecular formula is C15H20ClNO2. The van der Waals surface area contributed by atoms with E-state index in [1.165, 1.54) is 0 Å². The van der Waals surface area contributed by atoms with Gasteiger partial charge < -0.3 is 0 Å². The van der Waals surface area contributed by atoms with Crippen molar-refractivity contribution in [1.82, 2.24) is 4.90 Å². The Morgan fingerprint density at radius 2 is 1.63 bits per heavy atom. The second-order valence-corrected chi connectivity index (χ2v) is 6.67. The molecule has 0 saturated heterocycles. The highest BCUT2D eigenvalue weighted by atomic mass is 35.5. The van der Waals surface area contributed by atoms with Gasteiger partial charge in [-0.2, -0.15) is 0 Å². The highest BCUT2D eigenvalue weighted by Crippen LogP contribution is 2.38. The van der Waals surface area contributed by atoms with Gasteiger partial charge in [0.25, 0.3) is 11.8 Å². The Morgan fingerprint density at radius 1 is 1.05 bits per heavy atom. The fourth-order valence-corrected chi connectivity index (χ4v) is 3.89. The Kier molecular flexibility index (Phi) is 3.42. The molecule has 0 aromatic carbocycles. The smallest absolute Gasteiger partial charge is 0.257 e. The van der Waals surface area contributed by atoms with Crippen molar-refractivity contribution in [1.29, 1.82) is 0 Å². The van der Waals surface area contributed by atoms with Crippen LogP contribution in [0.2, 0.25) is 0 Å². The van der Waals surface area contributed by atoms with Crippen molar-refractivity contribution in [3.63, 3.8) is 0 Å². The molecule has 3 nitrogen and oxygen atoms in total. The fourth-order valence-electron chi connectivity index (χ4n) is 3.66. The average molecular weight is 282 g/mol. The molecule has 0 N–H and O–H groups in total. The molecule has 2 aliphatic carbocycles. The van der Waals surface area contributed by atoms with Crippen molar-refractivity contribution in [3.05, 3.63) is 11.1 Å². The lowest BCUT2D eigenvalue weighted by Gasteiger charge is -2.35. The molecule has 2 amide bonds. The minimum absolute atomic E-state index is 0.00933. The van der Waals surface area contributed by atoms with E-state index in [4.69, 9.17) is 11.6 Å². The molecule has 3 unspecified atom stereocenters. The molecular weight excluding hydrogens is 262 g/mol. The normalized spacial score (nSPS) is 35.9. The van der Waals surface area contributed by atoms with E-state index >= 15 is 0 Å². The predicted molar refractivity (Wildman–Crippen MR) is 73.8 cm³/mol. The van der Waals surface area contributed by atoms with Gasteiger partial charge in [-0.25, -0.2) is 0 Å². The van der Waals surface area contributed by atoms with Gasteiger partial charge in [0, 0.05) is 22.6 Å². The molecule has 1 aliphatic heterocycles. The monoisotopic (exact) mass is 281 g/mol. The van der Waals surface area contributed by atoms with E-state index in [0.717, 1.165) is 56.1 Å². The molecule has 1 saturated carbocycles. The summed E-state index contributed by atoms with van der Waals surface area (Å²) in [6.07, 6.45) is 6.26. The number of rotatable bonds is 1. The SMILES string of the molecule is CC1CC(N2C(=O)C3=C(CCCC3)C2=O)CCC1Cl. The van der Waals surface area contributed by atoms with E-state index in [2.05, 4.69) is 6.92 Å². The average Bonchev–Trinajstić information content (AvgIpc) is 2.66. The van der Waals surface area contributed by atoms with Crippen LogP contribution in [0.5, 0.6) is 0 Å². The first-order chi connectivity index (χ1) is 9.09. The van der Waals surface area contributed by atoms with Crippen LogP contribution in [0.3, 0.4) is 0 Å². The maximum atomic E-state index is 12.5. The molecule has 1 fully saturated rings. The number of hydrogen-bond donors (Lipinski definition) is 0. The lowest BCUT2D eigenvalue weighted by molar-refractivity contribution is -0.141. The first kappa shape index (κ1) is 13.2. The third kappa shape index (κ3) is 2.12. The molecule has 19 heavy (non-hydrogen) atoms. The van der Waals surface area contributed by atoms with Crippen molar-refractivity contribution in [2.24, 2.45) is 5.92 Å². The second-order valence-electron chi connectivity index (χ2n) is 6.10. The molecule has 0 spiro atoms. The lowest BCUT2D eigenvalue weighted by atomic mass is 9.85. The zero-order valence-electron chi connectivity index (χ0n) is 11.3. The minimum Gasteiger partial charge on any atom is -0.272 e. The van der Waals surface area contributed by atoms with E-state index in [1.807, 2.05) is 0 Å². The third-order valence-electron chi connectivity index (χ3n) is 4.82. The van der Waals surface area contributed by atoms with Crippen molar-refractivity contribution >= 4 is 23.4 Å². The van der Waals surface area contributed by atoms with Crippen LogP contribution in [0.15, 0.2) is 11.1 Å². The summed E-state index contributed by atoms with van der Waals surface area (Å²) >= 11 is 6.23. The topological polar surface area (TPSA) is 37.4 Å². The third-order valence-corrected chi connectivity index (χ3v) is 5.47. The van der Waals surface area contributed by atoms with E-state index in [0.29, 0.717) is 5.92 Å². The first-order valence-electron chi connectivity index (χ1n) is 7.33. The van der Waals surface area contributed by atoms with Crippen molar-refractivity contribution in [3.8, 4) is 0 Å². The number of alkyl halides is 1. The van der Waals surface area contributed by atoms with Gasteiger partial charge in [0.15, 0.2) is 0 Å². The number of amides is 2. The quantitative estimate of drug-likeness (QED) is 0.547. The number of carbonyl (C=O) groups is 2. The molecule has 0 radical (unpaired) electrons. The highest BCUT2D eigenvalue weighted by Gasteiger charge is 2.44. The van der Waals surface area contributed by atoms with Crippen LogP contribution in [0.25, 0.3) is 0 Å². The van der Waals surface area contributed by atoms with Gasteiger partial charge in [0.05, 0.1) is 0 Å². The number of carbonyl (C=O) groups excluding carboxylic acids is 2. The summed E-state index contributed by atoms with van der Waals surface area (Å²) in [6.45, 7) is 2.11. The van der Waals surface area contributed by atoms with Gasteiger partial charge in [-0.05, 0) is 50.9 Å². The number of halogens is 1. The zero-order valence-corrected chi connectivity index (χ0v) is 12.1.